The summed E-state index contributed by atoms with van der Waals surface area (Å²) in [5.41, 5.74) is -3.62. The van der Waals surface area contributed by atoms with E-state index in [0.29, 0.717) is 4.47 Å². The van der Waals surface area contributed by atoms with E-state index in [-0.39, 0.29) is 5.56 Å². The number of rotatable bonds is 1. The second-order valence-corrected chi connectivity index (χ2v) is 3.78. The molecule has 0 fully saturated rings. The average Bonchev–Trinajstić information content (AvgIpc) is 2.14. The summed E-state index contributed by atoms with van der Waals surface area (Å²) in [4.78, 5) is 0. The van der Waals surface area contributed by atoms with Gasteiger partial charge in [-0.25, -0.2) is 0 Å². The topological polar surface area (TPSA) is 20.2 Å². The molecule has 5 heteroatoms. The second kappa shape index (κ2) is 3.87. The molecular weight excluding hydrogens is 273 g/mol. The van der Waals surface area contributed by atoms with Gasteiger partial charge < -0.3 is 5.11 Å². The summed E-state index contributed by atoms with van der Waals surface area (Å²) in [7, 11) is 0. The Kier molecular flexibility index (Phi) is 3.12. The van der Waals surface area contributed by atoms with Crippen LogP contribution in [0, 0.1) is 12.3 Å². The third kappa shape index (κ3) is 2.16. The van der Waals surface area contributed by atoms with Crippen molar-refractivity contribution in [2.75, 3.05) is 0 Å². The summed E-state index contributed by atoms with van der Waals surface area (Å²) in [6.07, 6.45) is -0.160. The summed E-state index contributed by atoms with van der Waals surface area (Å²) < 4.78 is 38.0. The zero-order chi connectivity index (χ0) is 11.7. The van der Waals surface area contributed by atoms with Crippen molar-refractivity contribution in [3.63, 3.8) is 0 Å². The van der Waals surface area contributed by atoms with E-state index in [1.54, 1.807) is 0 Å². The molecule has 0 heterocycles. The molecule has 1 unspecified atom stereocenters. The van der Waals surface area contributed by atoms with Crippen LogP contribution in [0.1, 0.15) is 5.56 Å². The van der Waals surface area contributed by atoms with Crippen molar-refractivity contribution in [3.8, 4) is 12.3 Å². The number of alkyl halides is 3. The van der Waals surface area contributed by atoms with Crippen molar-refractivity contribution in [1.29, 1.82) is 0 Å². The van der Waals surface area contributed by atoms with Gasteiger partial charge in [-0.3, -0.25) is 0 Å². The lowest BCUT2D eigenvalue weighted by molar-refractivity contribution is -0.240. The van der Waals surface area contributed by atoms with Gasteiger partial charge in [0.1, 0.15) is 0 Å². The van der Waals surface area contributed by atoms with E-state index < -0.39 is 11.8 Å². The average molecular weight is 279 g/mol. The molecule has 0 radical (unpaired) electrons. The number of aliphatic hydroxyl groups is 1. The molecular formula is C10H6BrF3O. The van der Waals surface area contributed by atoms with Crippen LogP contribution in [0.25, 0.3) is 0 Å². The predicted octanol–water partition coefficient (Wildman–Crippen LogP) is 2.83. The Bertz CT molecular complexity index is 408. The van der Waals surface area contributed by atoms with Crippen LogP contribution in [0.2, 0.25) is 0 Å². The standard InChI is InChI=1S/C10H6BrF3O/c1-2-9(15,10(12,13)14)7-4-3-5-8(11)6-7/h1,3-6,15H. The summed E-state index contributed by atoms with van der Waals surface area (Å²) in [6.45, 7) is 0. The fraction of sp³-hybridized carbons (Fsp3) is 0.200. The van der Waals surface area contributed by atoms with Gasteiger partial charge in [-0.2, -0.15) is 13.2 Å². The highest BCUT2D eigenvalue weighted by atomic mass is 79.9. The molecule has 1 nitrogen and oxygen atoms in total. The quantitative estimate of drug-likeness (QED) is 0.784. The lowest BCUT2D eigenvalue weighted by Gasteiger charge is -2.25. The van der Waals surface area contributed by atoms with Gasteiger partial charge in [-0.1, -0.05) is 34.0 Å². The van der Waals surface area contributed by atoms with E-state index in [4.69, 9.17) is 6.42 Å². The Morgan fingerprint density at radius 3 is 2.33 bits per heavy atom. The van der Waals surface area contributed by atoms with Crippen LogP contribution in [0.4, 0.5) is 13.2 Å². The van der Waals surface area contributed by atoms with E-state index in [1.165, 1.54) is 18.1 Å². The van der Waals surface area contributed by atoms with E-state index in [2.05, 4.69) is 15.9 Å². The third-order valence-electron chi connectivity index (χ3n) is 1.86. The van der Waals surface area contributed by atoms with Gasteiger partial charge in [0.05, 0.1) is 0 Å². The zero-order valence-electron chi connectivity index (χ0n) is 7.35. The molecule has 0 saturated carbocycles. The van der Waals surface area contributed by atoms with Crippen molar-refractivity contribution in [3.05, 3.63) is 34.3 Å². The molecule has 0 bridgehead atoms. The Hall–Kier alpha value is -0.990. The first-order chi connectivity index (χ1) is 6.81. The first-order valence-corrected chi connectivity index (χ1v) is 4.63. The molecule has 0 spiro atoms. The van der Waals surface area contributed by atoms with Crippen LogP contribution in [0.3, 0.4) is 0 Å². The van der Waals surface area contributed by atoms with Crippen LogP contribution < -0.4 is 0 Å². The van der Waals surface area contributed by atoms with E-state index >= 15 is 0 Å². The maximum Gasteiger partial charge on any atom is 0.433 e. The molecule has 0 saturated heterocycles. The largest absolute Gasteiger partial charge is 0.433 e. The third-order valence-corrected chi connectivity index (χ3v) is 2.35. The minimum atomic E-state index is -4.90. The molecule has 15 heavy (non-hydrogen) atoms. The molecule has 1 atom stereocenters. The highest BCUT2D eigenvalue weighted by Gasteiger charge is 2.54. The normalized spacial score (nSPS) is 15.5. The van der Waals surface area contributed by atoms with Crippen molar-refractivity contribution in [2.24, 2.45) is 0 Å². The molecule has 1 rings (SSSR count). The molecule has 80 valence electrons. The van der Waals surface area contributed by atoms with Gasteiger partial charge in [0, 0.05) is 10.0 Å². The summed E-state index contributed by atoms with van der Waals surface area (Å²) >= 11 is 3.00. The molecule has 1 N–H and O–H groups in total. The van der Waals surface area contributed by atoms with E-state index in [1.807, 2.05) is 0 Å². The predicted molar refractivity (Wildman–Crippen MR) is 52.9 cm³/mol. The fourth-order valence-electron chi connectivity index (χ4n) is 1.04. The van der Waals surface area contributed by atoms with Crippen LogP contribution in [-0.4, -0.2) is 11.3 Å². The minimum absolute atomic E-state index is 0.383. The smallest absolute Gasteiger partial charge is 0.366 e. The van der Waals surface area contributed by atoms with Crippen molar-refractivity contribution < 1.29 is 18.3 Å². The molecule has 0 aliphatic carbocycles. The zero-order valence-corrected chi connectivity index (χ0v) is 8.93. The monoisotopic (exact) mass is 278 g/mol. The summed E-state index contributed by atoms with van der Waals surface area (Å²) in [5, 5.41) is 9.37. The van der Waals surface area contributed by atoms with E-state index in [0.717, 1.165) is 12.1 Å². The minimum Gasteiger partial charge on any atom is -0.366 e. The second-order valence-electron chi connectivity index (χ2n) is 2.86. The SMILES string of the molecule is C#CC(O)(c1cccc(Br)c1)C(F)(F)F. The summed E-state index contributed by atoms with van der Waals surface area (Å²) in [6, 6.07) is 5.16. The maximum atomic E-state index is 12.5. The van der Waals surface area contributed by atoms with Crippen molar-refractivity contribution >= 4 is 15.9 Å². The fourth-order valence-corrected chi connectivity index (χ4v) is 1.44. The number of terminal acetylenes is 1. The van der Waals surface area contributed by atoms with Gasteiger partial charge in [0.2, 0.25) is 5.60 Å². The Morgan fingerprint density at radius 1 is 1.33 bits per heavy atom. The lowest BCUT2D eigenvalue weighted by atomic mass is 9.94. The number of benzene rings is 1. The van der Waals surface area contributed by atoms with E-state index in [9.17, 15) is 18.3 Å². The molecule has 1 aromatic carbocycles. The highest BCUT2D eigenvalue weighted by molar-refractivity contribution is 9.10. The van der Waals surface area contributed by atoms with Gasteiger partial charge >= 0.3 is 6.18 Å². The van der Waals surface area contributed by atoms with Crippen molar-refractivity contribution in [1.82, 2.24) is 0 Å². The number of halogens is 4. The first-order valence-electron chi connectivity index (χ1n) is 3.84. The molecule has 0 aliphatic rings. The lowest BCUT2D eigenvalue weighted by Crippen LogP contribution is -2.40. The van der Waals surface area contributed by atoms with Gasteiger partial charge in [-0.05, 0) is 12.1 Å². The van der Waals surface area contributed by atoms with Crippen LogP contribution in [-0.2, 0) is 5.60 Å². The Balaban J connectivity index is 3.32. The number of hydrogen-bond acceptors (Lipinski definition) is 1. The Morgan fingerprint density at radius 2 is 1.93 bits per heavy atom. The molecule has 0 aliphatic heterocycles. The van der Waals surface area contributed by atoms with Gasteiger partial charge in [0.15, 0.2) is 0 Å². The molecule has 0 amide bonds. The summed E-state index contributed by atoms with van der Waals surface area (Å²) in [5.74, 6) is 1.37. The van der Waals surface area contributed by atoms with Gasteiger partial charge in [-0.15, -0.1) is 6.42 Å². The van der Waals surface area contributed by atoms with Gasteiger partial charge in [0.25, 0.3) is 0 Å². The van der Waals surface area contributed by atoms with Crippen molar-refractivity contribution in [2.45, 2.75) is 11.8 Å². The Labute approximate surface area is 93.0 Å². The molecule has 0 aromatic heterocycles. The number of hydrogen-bond donors (Lipinski definition) is 1. The molecule has 1 aromatic rings. The highest BCUT2D eigenvalue weighted by Crippen LogP contribution is 2.38. The maximum absolute atomic E-state index is 12.5. The van der Waals surface area contributed by atoms with Crippen LogP contribution in [0.5, 0.6) is 0 Å². The first kappa shape index (κ1) is 12.1. The van der Waals surface area contributed by atoms with Crippen LogP contribution in [0.15, 0.2) is 28.7 Å². The van der Waals surface area contributed by atoms with Crippen LogP contribution >= 0.6 is 15.9 Å².